The standard InChI is InChI=1S/C28H32N6O4/c1-3-17(13-20(16-35)33(2)27(37)28(38)11-12-28)23-24(36)25(29)34-26(32-23)21(15-31-34)19-9-10-22(30-14-19)18-7-5-4-6-8-18/h4-10,14-15,17,20,35-36,38H,3,11-13,16,29H2,1-2H3. The number of carbonyl (C=O) groups is 1. The third-order valence-corrected chi connectivity index (χ3v) is 7.46. The molecule has 1 aromatic carbocycles. The summed E-state index contributed by atoms with van der Waals surface area (Å²) in [7, 11) is 1.58. The fraction of sp³-hybridized carbons (Fsp3) is 0.357. The number of nitrogens with two attached hydrogens (primary N) is 1. The van der Waals surface area contributed by atoms with E-state index in [9.17, 15) is 20.1 Å². The van der Waals surface area contributed by atoms with Gasteiger partial charge in [-0.3, -0.25) is 9.78 Å². The average molecular weight is 517 g/mol. The molecule has 3 heterocycles. The summed E-state index contributed by atoms with van der Waals surface area (Å²) in [5.41, 5.74) is 9.16. The molecular weight excluding hydrogens is 484 g/mol. The van der Waals surface area contributed by atoms with E-state index in [1.807, 2.05) is 49.4 Å². The number of aliphatic hydroxyl groups is 2. The lowest BCUT2D eigenvalue weighted by atomic mass is 9.92. The lowest BCUT2D eigenvalue weighted by molar-refractivity contribution is -0.144. The summed E-state index contributed by atoms with van der Waals surface area (Å²) in [6.45, 7) is 1.66. The van der Waals surface area contributed by atoms with E-state index in [4.69, 9.17) is 10.7 Å². The topological polar surface area (TPSA) is 150 Å². The van der Waals surface area contributed by atoms with Gasteiger partial charge in [-0.25, -0.2) is 4.98 Å². The van der Waals surface area contributed by atoms with Crippen LogP contribution in [0.2, 0.25) is 0 Å². The lowest BCUT2D eigenvalue weighted by Crippen LogP contribution is -2.46. The van der Waals surface area contributed by atoms with Crippen molar-refractivity contribution >= 4 is 17.4 Å². The average Bonchev–Trinajstić information content (AvgIpc) is 3.56. The zero-order chi connectivity index (χ0) is 27.0. The number of nitrogens with zero attached hydrogens (tertiary/aromatic N) is 5. The first kappa shape index (κ1) is 25.6. The highest BCUT2D eigenvalue weighted by Crippen LogP contribution is 2.39. The number of hydrogen-bond donors (Lipinski definition) is 4. The number of carbonyl (C=O) groups excluding carboxylic acids is 1. The summed E-state index contributed by atoms with van der Waals surface area (Å²) in [5, 5.41) is 35.7. The maximum Gasteiger partial charge on any atom is 0.254 e. The van der Waals surface area contributed by atoms with Gasteiger partial charge in [0.05, 0.1) is 30.2 Å². The van der Waals surface area contributed by atoms with E-state index in [0.29, 0.717) is 42.6 Å². The van der Waals surface area contributed by atoms with E-state index in [2.05, 4.69) is 10.1 Å². The zero-order valence-electron chi connectivity index (χ0n) is 21.4. The van der Waals surface area contributed by atoms with Crippen molar-refractivity contribution in [3.05, 3.63) is 60.6 Å². The Labute approximate surface area is 220 Å². The maximum absolute atomic E-state index is 12.7. The van der Waals surface area contributed by atoms with E-state index in [0.717, 1.165) is 16.8 Å². The van der Waals surface area contributed by atoms with Gasteiger partial charge in [0.1, 0.15) is 5.60 Å². The monoisotopic (exact) mass is 516 g/mol. The number of nitrogen functional groups attached to an aromatic ring is 1. The van der Waals surface area contributed by atoms with Crippen LogP contribution < -0.4 is 5.73 Å². The molecule has 0 radical (unpaired) electrons. The van der Waals surface area contributed by atoms with Gasteiger partial charge in [-0.05, 0) is 31.7 Å². The highest BCUT2D eigenvalue weighted by molar-refractivity contribution is 5.88. The van der Waals surface area contributed by atoms with Gasteiger partial charge in [-0.2, -0.15) is 9.61 Å². The van der Waals surface area contributed by atoms with Gasteiger partial charge in [0.15, 0.2) is 17.2 Å². The van der Waals surface area contributed by atoms with Gasteiger partial charge in [-0.15, -0.1) is 0 Å². The normalized spacial score (nSPS) is 15.8. The van der Waals surface area contributed by atoms with Crippen LogP contribution in [0.1, 0.15) is 44.2 Å². The van der Waals surface area contributed by atoms with E-state index >= 15 is 0 Å². The fourth-order valence-corrected chi connectivity index (χ4v) is 4.83. The Kier molecular flexibility index (Phi) is 6.77. The van der Waals surface area contributed by atoms with Gasteiger partial charge in [0.25, 0.3) is 5.91 Å². The molecule has 0 bridgehead atoms. The number of likely N-dealkylation sites (N-methyl/N-ethyl adjacent to an activating group) is 1. The van der Waals surface area contributed by atoms with Crippen molar-refractivity contribution in [2.24, 2.45) is 0 Å². The maximum atomic E-state index is 12.7. The minimum Gasteiger partial charge on any atom is -0.503 e. The summed E-state index contributed by atoms with van der Waals surface area (Å²) < 4.78 is 1.40. The minimum absolute atomic E-state index is 0.0563. The van der Waals surface area contributed by atoms with Gasteiger partial charge >= 0.3 is 0 Å². The molecule has 1 aliphatic carbocycles. The molecule has 38 heavy (non-hydrogen) atoms. The first-order valence-corrected chi connectivity index (χ1v) is 12.8. The Morgan fingerprint density at radius 2 is 1.89 bits per heavy atom. The Morgan fingerprint density at radius 3 is 2.50 bits per heavy atom. The Bertz CT molecular complexity index is 1450. The molecule has 1 fully saturated rings. The van der Waals surface area contributed by atoms with Gasteiger partial charge in [0.2, 0.25) is 0 Å². The second-order valence-corrected chi connectivity index (χ2v) is 9.95. The summed E-state index contributed by atoms with van der Waals surface area (Å²) >= 11 is 0. The number of fused-ring (bicyclic) bond motifs is 1. The van der Waals surface area contributed by atoms with Crippen LogP contribution in [-0.2, 0) is 4.79 Å². The molecule has 5 rings (SSSR count). The molecule has 198 valence electrons. The summed E-state index contributed by atoms with van der Waals surface area (Å²) in [4.78, 5) is 23.5. The van der Waals surface area contributed by atoms with Crippen LogP contribution in [0.25, 0.3) is 28.0 Å². The van der Waals surface area contributed by atoms with Crippen LogP contribution in [-0.4, -0.2) is 71.0 Å². The fourth-order valence-electron chi connectivity index (χ4n) is 4.83. The second-order valence-electron chi connectivity index (χ2n) is 9.95. The number of anilines is 1. The van der Waals surface area contributed by atoms with E-state index in [1.54, 1.807) is 19.4 Å². The molecular formula is C28H32N6O4. The van der Waals surface area contributed by atoms with Gasteiger partial charge < -0.3 is 26.0 Å². The first-order chi connectivity index (χ1) is 18.3. The molecule has 2 atom stereocenters. The van der Waals surface area contributed by atoms with Gasteiger partial charge in [0, 0.05) is 35.9 Å². The van der Waals surface area contributed by atoms with Crippen molar-refractivity contribution in [3.8, 4) is 28.1 Å². The largest absolute Gasteiger partial charge is 0.503 e. The molecule has 0 spiro atoms. The predicted octanol–water partition coefficient (Wildman–Crippen LogP) is 2.97. The number of rotatable bonds is 9. The van der Waals surface area contributed by atoms with Crippen molar-refractivity contribution in [2.75, 3.05) is 19.4 Å². The number of aliphatic hydroxyl groups excluding tert-OH is 1. The van der Waals surface area contributed by atoms with E-state index in [-0.39, 0.29) is 24.1 Å². The lowest BCUT2D eigenvalue weighted by Gasteiger charge is -2.31. The minimum atomic E-state index is -1.33. The summed E-state index contributed by atoms with van der Waals surface area (Å²) in [5.74, 6) is -0.836. The summed E-state index contributed by atoms with van der Waals surface area (Å²) in [6, 6.07) is 13.2. The molecule has 10 nitrogen and oxygen atoms in total. The first-order valence-electron chi connectivity index (χ1n) is 12.8. The smallest absolute Gasteiger partial charge is 0.254 e. The van der Waals surface area contributed by atoms with Gasteiger partial charge in [-0.1, -0.05) is 43.3 Å². The third-order valence-electron chi connectivity index (χ3n) is 7.46. The molecule has 5 N–H and O–H groups in total. The Morgan fingerprint density at radius 1 is 1.16 bits per heavy atom. The van der Waals surface area contributed by atoms with Crippen LogP contribution in [0.3, 0.4) is 0 Å². The highest BCUT2D eigenvalue weighted by Gasteiger charge is 2.50. The molecule has 0 aliphatic heterocycles. The van der Waals surface area contributed by atoms with Crippen LogP contribution >= 0.6 is 0 Å². The molecule has 1 aliphatic rings. The van der Waals surface area contributed by atoms with Crippen molar-refractivity contribution in [3.63, 3.8) is 0 Å². The third kappa shape index (κ3) is 4.57. The van der Waals surface area contributed by atoms with Crippen molar-refractivity contribution in [2.45, 2.75) is 50.2 Å². The number of benzene rings is 1. The molecule has 2 unspecified atom stereocenters. The molecule has 1 amide bonds. The number of aromatic nitrogens is 4. The predicted molar refractivity (Wildman–Crippen MR) is 143 cm³/mol. The second kappa shape index (κ2) is 10.0. The van der Waals surface area contributed by atoms with Crippen LogP contribution in [0, 0.1) is 0 Å². The van der Waals surface area contributed by atoms with Crippen LogP contribution in [0.4, 0.5) is 5.82 Å². The SMILES string of the molecule is CCC(CC(CO)N(C)C(=O)C1(O)CC1)c1nc2c(-c3ccc(-c4ccccc4)nc3)cnn2c(N)c1O. The highest BCUT2D eigenvalue weighted by atomic mass is 16.3. The summed E-state index contributed by atoms with van der Waals surface area (Å²) in [6.07, 6.45) is 5.15. The van der Waals surface area contributed by atoms with Crippen LogP contribution in [0.15, 0.2) is 54.9 Å². The molecule has 3 aromatic heterocycles. The van der Waals surface area contributed by atoms with E-state index in [1.165, 1.54) is 9.42 Å². The number of amides is 1. The molecule has 4 aromatic rings. The van der Waals surface area contributed by atoms with Crippen LogP contribution in [0.5, 0.6) is 5.75 Å². The molecule has 0 saturated heterocycles. The number of aromatic hydroxyl groups is 1. The zero-order valence-corrected chi connectivity index (χ0v) is 21.4. The Hall–Kier alpha value is -4.02. The quantitative estimate of drug-likeness (QED) is 0.265. The van der Waals surface area contributed by atoms with Crippen molar-refractivity contribution < 1.29 is 20.1 Å². The van der Waals surface area contributed by atoms with Crippen molar-refractivity contribution in [1.82, 2.24) is 24.5 Å². The van der Waals surface area contributed by atoms with Crippen molar-refractivity contribution in [1.29, 1.82) is 0 Å². The Balaban J connectivity index is 1.48. The molecule has 10 heteroatoms. The number of hydrogen-bond acceptors (Lipinski definition) is 8. The number of pyridine rings is 1. The van der Waals surface area contributed by atoms with E-state index < -0.39 is 17.6 Å². The molecule has 1 saturated carbocycles.